The fraction of sp³-hybridized carbons (Fsp3) is 0.333. The first kappa shape index (κ1) is 43.6. The van der Waals surface area contributed by atoms with Gasteiger partial charge in [0.1, 0.15) is 0 Å². The molecular formula is C63H69N. The molecule has 326 valence electrons. The van der Waals surface area contributed by atoms with Crippen LogP contribution in [0.15, 0.2) is 152 Å². The Balaban J connectivity index is 1.21. The fourth-order valence-electron chi connectivity index (χ4n) is 10.4. The second-order valence-electron chi connectivity index (χ2n) is 22.6. The average Bonchev–Trinajstić information content (AvgIpc) is 3.51. The van der Waals surface area contributed by atoms with E-state index in [0.29, 0.717) is 5.92 Å². The molecule has 0 saturated heterocycles. The molecule has 0 spiro atoms. The van der Waals surface area contributed by atoms with Crippen molar-refractivity contribution in [3.8, 4) is 44.5 Å². The summed E-state index contributed by atoms with van der Waals surface area (Å²) in [5.41, 5.74) is 21.9. The Hall–Kier alpha value is -5.66. The number of benzene rings is 7. The first-order valence-corrected chi connectivity index (χ1v) is 24.0. The molecule has 7 aromatic rings. The van der Waals surface area contributed by atoms with Crippen molar-refractivity contribution in [2.45, 2.75) is 136 Å². The monoisotopic (exact) mass is 840 g/mol. The minimum atomic E-state index is -0.120. The van der Waals surface area contributed by atoms with Gasteiger partial charge in [0.25, 0.3) is 0 Å². The van der Waals surface area contributed by atoms with Crippen LogP contribution in [-0.2, 0) is 21.7 Å². The van der Waals surface area contributed by atoms with Gasteiger partial charge in [-0.05, 0) is 144 Å². The Morgan fingerprint density at radius 3 is 1.58 bits per heavy atom. The zero-order valence-electron chi connectivity index (χ0n) is 40.5. The van der Waals surface area contributed by atoms with Crippen molar-refractivity contribution >= 4 is 17.1 Å². The van der Waals surface area contributed by atoms with Gasteiger partial charge in [-0.15, -0.1) is 0 Å². The predicted molar refractivity (Wildman–Crippen MR) is 277 cm³/mol. The SMILES string of the molecule is CC(C)(C)c1cc(-c2cccc(N(c3ccc4c(c3)C(C)(C)c3ccccc3-4)c3ccccc3-c3ccc(C4CCCCC4)cc3)c2)cc(-c2cc(C(C)(C)C)cc(C(C)(C)C)c2)c1. The number of hydrogen-bond acceptors (Lipinski definition) is 1. The normalized spacial score (nSPS) is 15.2. The lowest BCUT2D eigenvalue weighted by Gasteiger charge is -2.30. The Bertz CT molecular complexity index is 2790. The zero-order valence-corrected chi connectivity index (χ0v) is 40.5. The van der Waals surface area contributed by atoms with E-state index in [1.807, 2.05) is 0 Å². The van der Waals surface area contributed by atoms with E-state index in [0.717, 1.165) is 5.69 Å². The number of anilines is 3. The summed E-state index contributed by atoms with van der Waals surface area (Å²) in [5, 5.41) is 0. The van der Waals surface area contributed by atoms with Crippen molar-refractivity contribution in [2.24, 2.45) is 0 Å². The molecule has 2 aliphatic carbocycles. The minimum absolute atomic E-state index is 0.0293. The van der Waals surface area contributed by atoms with Crippen LogP contribution in [0.4, 0.5) is 17.1 Å². The largest absolute Gasteiger partial charge is 0.310 e. The molecule has 0 unspecified atom stereocenters. The van der Waals surface area contributed by atoms with Crippen molar-refractivity contribution < 1.29 is 0 Å². The van der Waals surface area contributed by atoms with Gasteiger partial charge in [-0.2, -0.15) is 0 Å². The summed E-state index contributed by atoms with van der Waals surface area (Å²) in [6.07, 6.45) is 6.67. The summed E-state index contributed by atoms with van der Waals surface area (Å²) in [4.78, 5) is 2.52. The van der Waals surface area contributed by atoms with Crippen molar-refractivity contribution in [2.75, 3.05) is 4.90 Å². The van der Waals surface area contributed by atoms with Crippen LogP contribution < -0.4 is 4.90 Å². The first-order chi connectivity index (χ1) is 30.4. The maximum atomic E-state index is 2.52. The molecule has 1 fully saturated rings. The van der Waals surface area contributed by atoms with E-state index in [2.05, 4.69) is 233 Å². The standard InChI is InChI=1S/C63H69N/c1-60(2,3)49-35-46(34-47(36-49)48-37-50(61(4,5)6)40-51(38-48)62(7,8)9)45-22-19-23-52(39-45)64(53-32-33-56-55-25-15-17-26-57(55)63(10,11)58(56)41-53)59-27-18-16-24-54(59)44-30-28-43(29-31-44)42-20-13-12-14-21-42/h15-19,22-42H,12-14,20-21H2,1-11H3. The second-order valence-corrected chi connectivity index (χ2v) is 22.6. The maximum absolute atomic E-state index is 2.52. The Morgan fingerprint density at radius 1 is 0.406 bits per heavy atom. The Morgan fingerprint density at radius 2 is 0.938 bits per heavy atom. The van der Waals surface area contributed by atoms with E-state index < -0.39 is 0 Å². The van der Waals surface area contributed by atoms with Gasteiger partial charge in [-0.3, -0.25) is 0 Å². The number of rotatable bonds is 7. The molecule has 64 heavy (non-hydrogen) atoms. The molecule has 0 aromatic heterocycles. The molecule has 1 nitrogen and oxygen atoms in total. The van der Waals surface area contributed by atoms with E-state index in [1.54, 1.807) is 0 Å². The van der Waals surface area contributed by atoms with Crippen LogP contribution >= 0.6 is 0 Å². The van der Waals surface area contributed by atoms with Gasteiger partial charge in [0.2, 0.25) is 0 Å². The Labute approximate surface area is 385 Å². The van der Waals surface area contributed by atoms with Gasteiger partial charge < -0.3 is 4.90 Å². The van der Waals surface area contributed by atoms with Crippen LogP contribution in [0.1, 0.15) is 148 Å². The maximum Gasteiger partial charge on any atom is 0.0540 e. The first-order valence-electron chi connectivity index (χ1n) is 24.0. The summed E-state index contributed by atoms with van der Waals surface area (Å²) in [7, 11) is 0. The van der Waals surface area contributed by atoms with Gasteiger partial charge >= 0.3 is 0 Å². The average molecular weight is 840 g/mol. The molecule has 0 bridgehead atoms. The number of hydrogen-bond donors (Lipinski definition) is 0. The highest BCUT2D eigenvalue weighted by Gasteiger charge is 2.36. The summed E-state index contributed by atoms with van der Waals surface area (Å²) < 4.78 is 0. The van der Waals surface area contributed by atoms with Gasteiger partial charge in [0.15, 0.2) is 0 Å². The molecule has 9 rings (SSSR count). The molecular weight excluding hydrogens is 771 g/mol. The van der Waals surface area contributed by atoms with E-state index in [4.69, 9.17) is 0 Å². The number of fused-ring (bicyclic) bond motifs is 3. The number of para-hydroxylation sites is 1. The summed E-state index contributed by atoms with van der Waals surface area (Å²) in [6.45, 7) is 25.8. The van der Waals surface area contributed by atoms with Crippen LogP contribution in [0.25, 0.3) is 44.5 Å². The zero-order chi connectivity index (χ0) is 45.2. The molecule has 1 heteroatoms. The van der Waals surface area contributed by atoms with Gasteiger partial charge in [-0.25, -0.2) is 0 Å². The van der Waals surface area contributed by atoms with Crippen LogP contribution in [0.3, 0.4) is 0 Å². The van der Waals surface area contributed by atoms with Crippen molar-refractivity contribution in [1.82, 2.24) is 0 Å². The predicted octanol–water partition coefficient (Wildman–Crippen LogP) is 18.4. The minimum Gasteiger partial charge on any atom is -0.310 e. The topological polar surface area (TPSA) is 3.24 Å². The van der Waals surface area contributed by atoms with Crippen molar-refractivity contribution in [3.05, 3.63) is 185 Å². The summed E-state index contributed by atoms with van der Waals surface area (Å²) in [6, 6.07) is 58.6. The third kappa shape index (κ3) is 8.40. The van der Waals surface area contributed by atoms with Crippen LogP contribution in [-0.4, -0.2) is 0 Å². The summed E-state index contributed by atoms with van der Waals surface area (Å²) >= 11 is 0. The van der Waals surface area contributed by atoms with Crippen molar-refractivity contribution in [1.29, 1.82) is 0 Å². The molecule has 0 radical (unpaired) electrons. The van der Waals surface area contributed by atoms with Gasteiger partial charge in [0, 0.05) is 22.4 Å². The van der Waals surface area contributed by atoms with Crippen LogP contribution in [0, 0.1) is 0 Å². The smallest absolute Gasteiger partial charge is 0.0540 e. The van der Waals surface area contributed by atoms with E-state index >= 15 is 0 Å². The fourth-order valence-corrected chi connectivity index (χ4v) is 10.4. The molecule has 0 heterocycles. The molecule has 0 aliphatic heterocycles. The van der Waals surface area contributed by atoms with E-state index in [9.17, 15) is 0 Å². The molecule has 2 aliphatic rings. The van der Waals surface area contributed by atoms with Gasteiger partial charge in [0.05, 0.1) is 5.69 Å². The lowest BCUT2D eigenvalue weighted by molar-refractivity contribution is 0.443. The third-order valence-electron chi connectivity index (χ3n) is 14.5. The quantitative estimate of drug-likeness (QED) is 0.155. The second kappa shape index (κ2) is 16.4. The number of nitrogens with zero attached hydrogens (tertiary/aromatic N) is 1. The molecule has 0 N–H and O–H groups in total. The lowest BCUT2D eigenvalue weighted by atomic mass is 9.78. The molecule has 7 aromatic carbocycles. The highest BCUT2D eigenvalue weighted by Crippen LogP contribution is 2.52. The van der Waals surface area contributed by atoms with Gasteiger partial charge in [-0.1, -0.05) is 211 Å². The van der Waals surface area contributed by atoms with E-state index in [1.165, 1.54) is 121 Å². The molecule has 0 atom stereocenters. The van der Waals surface area contributed by atoms with Crippen molar-refractivity contribution in [3.63, 3.8) is 0 Å². The summed E-state index contributed by atoms with van der Waals surface area (Å²) in [5.74, 6) is 0.677. The van der Waals surface area contributed by atoms with E-state index in [-0.39, 0.29) is 21.7 Å². The van der Waals surface area contributed by atoms with Crippen LogP contribution in [0.5, 0.6) is 0 Å². The molecule has 1 saturated carbocycles. The highest BCUT2D eigenvalue weighted by molar-refractivity contribution is 5.91. The highest BCUT2D eigenvalue weighted by atomic mass is 15.1. The lowest BCUT2D eigenvalue weighted by Crippen LogP contribution is -2.17. The van der Waals surface area contributed by atoms with Crippen LogP contribution in [0.2, 0.25) is 0 Å². The third-order valence-corrected chi connectivity index (χ3v) is 14.5. The molecule has 0 amide bonds. The Kier molecular flexibility index (Phi) is 11.2.